The van der Waals surface area contributed by atoms with E-state index in [9.17, 15) is 9.59 Å². The fourth-order valence-electron chi connectivity index (χ4n) is 1.52. The Kier molecular flexibility index (Phi) is 6.73. The lowest BCUT2D eigenvalue weighted by Crippen LogP contribution is -2.37. The van der Waals surface area contributed by atoms with Gasteiger partial charge >= 0.3 is 5.97 Å². The highest BCUT2D eigenvalue weighted by atomic mass is 35.5. The van der Waals surface area contributed by atoms with E-state index >= 15 is 0 Å². The van der Waals surface area contributed by atoms with E-state index in [0.29, 0.717) is 11.6 Å². The Labute approximate surface area is 121 Å². The molecule has 1 rings (SSSR count). The molecule has 1 N–H and O–H groups in total. The van der Waals surface area contributed by atoms with Crippen LogP contribution in [0.25, 0.3) is 0 Å². The number of carboxylic acids is 1. The first-order valence-electron chi connectivity index (χ1n) is 5.91. The molecule has 6 heteroatoms. The van der Waals surface area contributed by atoms with E-state index in [4.69, 9.17) is 16.7 Å². The van der Waals surface area contributed by atoms with Gasteiger partial charge < -0.3 is 10.0 Å². The lowest BCUT2D eigenvalue weighted by Gasteiger charge is -2.19. The van der Waals surface area contributed by atoms with Crippen molar-refractivity contribution < 1.29 is 14.7 Å². The minimum atomic E-state index is -0.996. The Morgan fingerprint density at radius 2 is 2.05 bits per heavy atom. The molecule has 1 amide bonds. The van der Waals surface area contributed by atoms with Crippen LogP contribution < -0.4 is 0 Å². The molecule has 0 saturated carbocycles. The zero-order valence-corrected chi connectivity index (χ0v) is 12.2. The summed E-state index contributed by atoms with van der Waals surface area (Å²) in [6.45, 7) is 2.10. The van der Waals surface area contributed by atoms with Crippen LogP contribution in [0.4, 0.5) is 0 Å². The number of rotatable bonds is 7. The third-order valence-electron chi connectivity index (χ3n) is 2.36. The number of hydrogen-bond donors (Lipinski definition) is 1. The zero-order chi connectivity index (χ0) is 14.3. The Morgan fingerprint density at radius 1 is 1.37 bits per heavy atom. The first-order valence-corrected chi connectivity index (χ1v) is 7.27. The largest absolute Gasteiger partial charge is 0.480 e. The maximum Gasteiger partial charge on any atom is 0.323 e. The first kappa shape index (κ1) is 15.9. The third-order valence-corrected chi connectivity index (χ3v) is 3.86. The van der Waals surface area contributed by atoms with Gasteiger partial charge in [0, 0.05) is 11.4 Å². The van der Waals surface area contributed by atoms with Crippen molar-refractivity contribution in [2.24, 2.45) is 0 Å². The number of nitrogens with zero attached hydrogens (tertiary/aromatic N) is 1. The van der Waals surface area contributed by atoms with Crippen molar-refractivity contribution in [3.8, 4) is 0 Å². The van der Waals surface area contributed by atoms with Gasteiger partial charge in [-0.2, -0.15) is 0 Å². The van der Waals surface area contributed by atoms with Crippen LogP contribution in [-0.2, 0) is 9.59 Å². The summed E-state index contributed by atoms with van der Waals surface area (Å²) in [4.78, 5) is 24.8. The summed E-state index contributed by atoms with van der Waals surface area (Å²) >= 11 is 7.31. The molecule has 19 heavy (non-hydrogen) atoms. The van der Waals surface area contributed by atoms with Crippen molar-refractivity contribution in [3.63, 3.8) is 0 Å². The quantitative estimate of drug-likeness (QED) is 0.787. The second-order valence-electron chi connectivity index (χ2n) is 3.93. The summed E-state index contributed by atoms with van der Waals surface area (Å²) in [6.07, 6.45) is 0.732. The van der Waals surface area contributed by atoms with E-state index in [1.54, 1.807) is 6.07 Å². The number of carbonyl (C=O) groups is 2. The minimum absolute atomic E-state index is 0.186. The van der Waals surface area contributed by atoms with Crippen LogP contribution in [0.2, 0.25) is 5.02 Å². The highest BCUT2D eigenvalue weighted by molar-refractivity contribution is 8.00. The molecule has 0 atom stereocenters. The SMILES string of the molecule is CCCN(CC(=O)O)C(=O)CSc1ccccc1Cl. The molecule has 0 heterocycles. The van der Waals surface area contributed by atoms with Gasteiger partial charge in [-0.15, -0.1) is 11.8 Å². The van der Waals surface area contributed by atoms with Crippen LogP contribution in [0.5, 0.6) is 0 Å². The molecule has 0 unspecified atom stereocenters. The van der Waals surface area contributed by atoms with Crippen molar-refractivity contribution in [1.29, 1.82) is 0 Å². The average Bonchev–Trinajstić information content (AvgIpc) is 2.36. The highest BCUT2D eigenvalue weighted by Crippen LogP contribution is 2.26. The molecular weight excluding hydrogens is 286 g/mol. The molecule has 1 aromatic rings. The summed E-state index contributed by atoms with van der Waals surface area (Å²) in [5.74, 6) is -0.990. The number of carboxylic acid groups (broad SMARTS) is 1. The number of hydrogen-bond acceptors (Lipinski definition) is 3. The summed E-state index contributed by atoms with van der Waals surface area (Å²) in [5, 5.41) is 9.36. The van der Waals surface area contributed by atoms with Gasteiger partial charge in [0.25, 0.3) is 0 Å². The van der Waals surface area contributed by atoms with Crippen molar-refractivity contribution >= 4 is 35.2 Å². The normalized spacial score (nSPS) is 10.2. The van der Waals surface area contributed by atoms with E-state index in [-0.39, 0.29) is 18.2 Å². The maximum atomic E-state index is 12.0. The van der Waals surface area contributed by atoms with Crippen LogP contribution in [0.3, 0.4) is 0 Å². The predicted octanol–water partition coefficient (Wildman–Crippen LogP) is 2.76. The predicted molar refractivity (Wildman–Crippen MR) is 76.7 cm³/mol. The van der Waals surface area contributed by atoms with Crippen molar-refractivity contribution in [2.45, 2.75) is 18.2 Å². The van der Waals surface area contributed by atoms with E-state index in [1.165, 1.54) is 16.7 Å². The second-order valence-corrected chi connectivity index (χ2v) is 5.35. The number of aliphatic carboxylic acids is 1. The summed E-state index contributed by atoms with van der Waals surface area (Å²) < 4.78 is 0. The van der Waals surface area contributed by atoms with Gasteiger partial charge in [0.2, 0.25) is 5.91 Å². The standard InChI is InChI=1S/C13H16ClNO3S/c1-2-7-15(8-13(17)18)12(16)9-19-11-6-4-3-5-10(11)14/h3-6H,2,7-9H2,1H3,(H,17,18). The molecule has 0 aromatic heterocycles. The van der Waals surface area contributed by atoms with Crippen molar-refractivity contribution in [3.05, 3.63) is 29.3 Å². The molecule has 0 aliphatic carbocycles. The van der Waals surface area contributed by atoms with Crippen molar-refractivity contribution in [1.82, 2.24) is 4.90 Å². The second kappa shape index (κ2) is 8.07. The molecule has 0 spiro atoms. The number of amides is 1. The Balaban J connectivity index is 2.57. The number of halogens is 1. The lowest BCUT2D eigenvalue weighted by atomic mass is 10.4. The van der Waals surface area contributed by atoms with E-state index in [0.717, 1.165) is 11.3 Å². The minimum Gasteiger partial charge on any atom is -0.480 e. The summed E-state index contributed by atoms with van der Waals surface area (Å²) in [5.41, 5.74) is 0. The smallest absolute Gasteiger partial charge is 0.323 e. The third kappa shape index (κ3) is 5.53. The van der Waals surface area contributed by atoms with Gasteiger partial charge in [-0.25, -0.2) is 0 Å². The summed E-state index contributed by atoms with van der Waals surface area (Å²) in [6, 6.07) is 7.26. The monoisotopic (exact) mass is 301 g/mol. The van der Waals surface area contributed by atoms with Crippen LogP contribution in [0.15, 0.2) is 29.2 Å². The van der Waals surface area contributed by atoms with E-state index in [2.05, 4.69) is 0 Å². The number of benzene rings is 1. The van der Waals surface area contributed by atoms with Gasteiger partial charge in [-0.3, -0.25) is 9.59 Å². The molecule has 0 saturated heterocycles. The van der Waals surface area contributed by atoms with Gasteiger partial charge in [0.05, 0.1) is 10.8 Å². The first-order chi connectivity index (χ1) is 9.04. The van der Waals surface area contributed by atoms with Crippen LogP contribution in [0, 0.1) is 0 Å². The Hall–Kier alpha value is -1.20. The fourth-order valence-corrected chi connectivity index (χ4v) is 2.66. The molecular formula is C13H16ClNO3S. The van der Waals surface area contributed by atoms with E-state index in [1.807, 2.05) is 25.1 Å². The number of thioether (sulfide) groups is 1. The van der Waals surface area contributed by atoms with Gasteiger partial charge in [0.1, 0.15) is 6.54 Å². The molecule has 1 aromatic carbocycles. The Bertz CT molecular complexity index is 453. The summed E-state index contributed by atoms with van der Waals surface area (Å²) in [7, 11) is 0. The Morgan fingerprint density at radius 3 is 2.63 bits per heavy atom. The zero-order valence-electron chi connectivity index (χ0n) is 10.6. The molecule has 4 nitrogen and oxygen atoms in total. The molecule has 0 bridgehead atoms. The van der Waals surface area contributed by atoms with Crippen molar-refractivity contribution in [2.75, 3.05) is 18.8 Å². The van der Waals surface area contributed by atoms with Gasteiger partial charge in [0.15, 0.2) is 0 Å². The highest BCUT2D eigenvalue weighted by Gasteiger charge is 2.16. The van der Waals surface area contributed by atoms with E-state index < -0.39 is 5.97 Å². The molecule has 0 fully saturated rings. The molecule has 0 aliphatic rings. The van der Waals surface area contributed by atoms with Gasteiger partial charge in [-0.05, 0) is 18.6 Å². The lowest BCUT2D eigenvalue weighted by molar-refractivity contribution is -0.143. The van der Waals surface area contributed by atoms with Gasteiger partial charge in [-0.1, -0.05) is 30.7 Å². The molecule has 104 valence electrons. The molecule has 0 radical (unpaired) electrons. The number of carbonyl (C=O) groups excluding carboxylic acids is 1. The van der Waals surface area contributed by atoms with Crippen LogP contribution >= 0.6 is 23.4 Å². The molecule has 0 aliphatic heterocycles. The topological polar surface area (TPSA) is 57.6 Å². The fraction of sp³-hybridized carbons (Fsp3) is 0.385. The van der Waals surface area contributed by atoms with Crippen LogP contribution in [-0.4, -0.2) is 40.7 Å². The average molecular weight is 302 g/mol. The van der Waals surface area contributed by atoms with Crippen LogP contribution in [0.1, 0.15) is 13.3 Å². The maximum absolute atomic E-state index is 12.0.